The first-order chi connectivity index (χ1) is 14.6. The average molecular weight is 415 g/mol. The van der Waals surface area contributed by atoms with E-state index in [2.05, 4.69) is 29.4 Å². The van der Waals surface area contributed by atoms with Gasteiger partial charge in [-0.25, -0.2) is 0 Å². The van der Waals surface area contributed by atoms with Crippen LogP contribution >= 0.6 is 0 Å². The molecule has 1 fully saturated rings. The Morgan fingerprint density at radius 2 is 2.00 bits per heavy atom. The van der Waals surface area contributed by atoms with Gasteiger partial charge in [0, 0.05) is 24.4 Å². The minimum Gasteiger partial charge on any atom is -0.493 e. The lowest BCUT2D eigenvalue weighted by molar-refractivity contribution is 0.113. The van der Waals surface area contributed by atoms with Crippen LogP contribution in [0.3, 0.4) is 0 Å². The lowest BCUT2D eigenvalue weighted by Gasteiger charge is -2.28. The Labute approximate surface area is 181 Å². The SMILES string of the molecule is C=C[C@H](O)CC1Oc2c(OC)cc(C)c3c2C1CCN(CCCN1CCCCC1)C3. The lowest BCUT2D eigenvalue weighted by atomic mass is 9.86. The van der Waals surface area contributed by atoms with Crippen molar-refractivity contribution in [3.63, 3.8) is 0 Å². The fraction of sp³-hybridized carbons (Fsp3) is 0.680. The van der Waals surface area contributed by atoms with Crippen LogP contribution in [0.1, 0.15) is 61.1 Å². The Hall–Kier alpha value is -1.56. The van der Waals surface area contributed by atoms with E-state index in [9.17, 15) is 5.11 Å². The van der Waals surface area contributed by atoms with Gasteiger partial charge < -0.3 is 19.5 Å². The Bertz CT molecular complexity index is 744. The molecule has 2 unspecified atom stereocenters. The van der Waals surface area contributed by atoms with E-state index in [-0.39, 0.29) is 6.10 Å². The number of methoxy groups -OCH3 is 1. The molecule has 0 saturated carbocycles. The molecule has 0 spiro atoms. The molecule has 1 saturated heterocycles. The van der Waals surface area contributed by atoms with Crippen LogP contribution in [-0.2, 0) is 6.54 Å². The van der Waals surface area contributed by atoms with Gasteiger partial charge in [0.05, 0.1) is 13.2 Å². The summed E-state index contributed by atoms with van der Waals surface area (Å²) >= 11 is 0. The van der Waals surface area contributed by atoms with E-state index >= 15 is 0 Å². The highest BCUT2D eigenvalue weighted by Crippen LogP contribution is 2.51. The van der Waals surface area contributed by atoms with Crippen molar-refractivity contribution in [2.45, 2.75) is 70.1 Å². The number of aliphatic hydroxyl groups is 1. The minimum absolute atomic E-state index is 0.0178. The molecule has 1 N–H and O–H groups in total. The summed E-state index contributed by atoms with van der Waals surface area (Å²) < 4.78 is 12.0. The zero-order chi connectivity index (χ0) is 21.1. The molecule has 3 aliphatic rings. The van der Waals surface area contributed by atoms with Crippen LogP contribution in [0.15, 0.2) is 18.7 Å². The van der Waals surface area contributed by atoms with Crippen LogP contribution < -0.4 is 9.47 Å². The van der Waals surface area contributed by atoms with Gasteiger partial charge in [-0.05, 0) is 82.5 Å². The topological polar surface area (TPSA) is 45.2 Å². The lowest BCUT2D eigenvalue weighted by Crippen LogP contribution is -2.33. The van der Waals surface area contributed by atoms with Gasteiger partial charge in [0.15, 0.2) is 11.5 Å². The minimum atomic E-state index is -0.538. The number of hydrogen-bond acceptors (Lipinski definition) is 5. The van der Waals surface area contributed by atoms with Gasteiger partial charge in [-0.1, -0.05) is 12.5 Å². The first-order valence-electron chi connectivity index (χ1n) is 11.7. The molecule has 5 nitrogen and oxygen atoms in total. The summed E-state index contributed by atoms with van der Waals surface area (Å²) in [5, 5.41) is 10.2. The zero-order valence-corrected chi connectivity index (χ0v) is 18.7. The Morgan fingerprint density at radius 1 is 1.23 bits per heavy atom. The second-order valence-corrected chi connectivity index (χ2v) is 9.24. The van der Waals surface area contributed by atoms with Crippen LogP contribution in [-0.4, -0.2) is 66.9 Å². The average Bonchev–Trinajstić information content (AvgIpc) is 2.99. The summed E-state index contributed by atoms with van der Waals surface area (Å²) in [6.45, 7) is 12.9. The van der Waals surface area contributed by atoms with E-state index in [4.69, 9.17) is 9.47 Å². The van der Waals surface area contributed by atoms with Crippen molar-refractivity contribution < 1.29 is 14.6 Å². The smallest absolute Gasteiger partial charge is 0.165 e. The molecule has 1 aromatic carbocycles. The second kappa shape index (κ2) is 9.71. The second-order valence-electron chi connectivity index (χ2n) is 9.24. The molecule has 166 valence electrons. The van der Waals surface area contributed by atoms with Crippen molar-refractivity contribution in [3.05, 3.63) is 35.4 Å². The van der Waals surface area contributed by atoms with Crippen molar-refractivity contribution in [2.75, 3.05) is 39.8 Å². The maximum absolute atomic E-state index is 10.2. The molecular formula is C25H38N2O3. The maximum Gasteiger partial charge on any atom is 0.165 e. The Kier molecular flexibility index (Phi) is 7.01. The van der Waals surface area contributed by atoms with Gasteiger partial charge in [0.2, 0.25) is 0 Å². The molecule has 3 aliphatic heterocycles. The van der Waals surface area contributed by atoms with Crippen LogP contribution in [0.4, 0.5) is 0 Å². The summed E-state index contributed by atoms with van der Waals surface area (Å²) in [5.41, 5.74) is 4.01. The standard InChI is InChI=1S/C25H38N2O3/c1-4-19(28)16-22-20-9-14-27(13-8-12-26-10-6-5-7-11-26)17-21-18(2)15-23(29-3)25(30-22)24(20)21/h4,15,19-20,22,28H,1,5-14,16-17H2,2-3H3/t19-,20?,22?/m0/s1. The van der Waals surface area contributed by atoms with Crippen molar-refractivity contribution in [1.82, 2.24) is 9.80 Å². The Balaban J connectivity index is 1.50. The molecule has 3 heterocycles. The van der Waals surface area contributed by atoms with Gasteiger partial charge in [0.1, 0.15) is 6.10 Å². The van der Waals surface area contributed by atoms with Gasteiger partial charge >= 0.3 is 0 Å². The van der Waals surface area contributed by atoms with Gasteiger partial charge in [-0.3, -0.25) is 4.90 Å². The highest BCUT2D eigenvalue weighted by atomic mass is 16.5. The summed E-state index contributed by atoms with van der Waals surface area (Å²) in [6.07, 6.45) is 8.05. The molecule has 1 aromatic rings. The van der Waals surface area contributed by atoms with E-state index in [0.29, 0.717) is 12.3 Å². The quantitative estimate of drug-likeness (QED) is 0.655. The highest BCUT2D eigenvalue weighted by molar-refractivity contribution is 5.58. The van der Waals surface area contributed by atoms with Crippen molar-refractivity contribution in [1.29, 1.82) is 0 Å². The summed E-state index contributed by atoms with van der Waals surface area (Å²) in [6, 6.07) is 2.12. The number of aryl methyl sites for hydroxylation is 1. The van der Waals surface area contributed by atoms with Gasteiger partial charge in [-0.2, -0.15) is 0 Å². The number of aliphatic hydroxyl groups excluding tert-OH is 1. The maximum atomic E-state index is 10.2. The molecule has 0 aliphatic carbocycles. The third kappa shape index (κ3) is 4.53. The normalized spacial score (nSPS) is 25.3. The van der Waals surface area contributed by atoms with Crippen molar-refractivity contribution >= 4 is 0 Å². The van der Waals surface area contributed by atoms with Gasteiger partial charge in [-0.15, -0.1) is 6.58 Å². The molecule has 0 aromatic heterocycles. The van der Waals surface area contributed by atoms with Crippen molar-refractivity contribution in [3.8, 4) is 11.5 Å². The van der Waals surface area contributed by atoms with E-state index in [1.165, 1.54) is 62.0 Å². The number of hydrogen-bond donors (Lipinski definition) is 1. The first kappa shape index (κ1) is 21.7. The zero-order valence-electron chi connectivity index (χ0n) is 18.7. The van der Waals surface area contributed by atoms with Crippen LogP contribution in [0.25, 0.3) is 0 Å². The predicted octanol–water partition coefficient (Wildman–Crippen LogP) is 3.87. The highest BCUT2D eigenvalue weighted by Gasteiger charge is 2.41. The van der Waals surface area contributed by atoms with Crippen LogP contribution in [0.2, 0.25) is 0 Å². The first-order valence-corrected chi connectivity index (χ1v) is 11.7. The molecule has 0 bridgehead atoms. The monoisotopic (exact) mass is 414 g/mol. The van der Waals surface area contributed by atoms with E-state index in [1.54, 1.807) is 13.2 Å². The van der Waals surface area contributed by atoms with E-state index < -0.39 is 6.10 Å². The fourth-order valence-corrected chi connectivity index (χ4v) is 5.52. The summed E-state index contributed by atoms with van der Waals surface area (Å²) in [5.74, 6) is 2.04. The van der Waals surface area contributed by atoms with Crippen LogP contribution in [0.5, 0.6) is 11.5 Å². The number of ether oxygens (including phenoxy) is 2. The summed E-state index contributed by atoms with van der Waals surface area (Å²) in [4.78, 5) is 5.26. The number of rotatable bonds is 8. The number of likely N-dealkylation sites (tertiary alicyclic amines) is 1. The molecule has 0 amide bonds. The molecule has 0 radical (unpaired) electrons. The predicted molar refractivity (Wildman–Crippen MR) is 121 cm³/mol. The third-order valence-electron chi connectivity index (χ3n) is 7.21. The molecule has 30 heavy (non-hydrogen) atoms. The number of piperidine rings is 1. The largest absolute Gasteiger partial charge is 0.493 e. The summed E-state index contributed by atoms with van der Waals surface area (Å²) in [7, 11) is 1.71. The molecular weight excluding hydrogens is 376 g/mol. The molecule has 5 heteroatoms. The van der Waals surface area contributed by atoms with Crippen molar-refractivity contribution in [2.24, 2.45) is 0 Å². The number of nitrogens with zero attached hydrogens (tertiary/aromatic N) is 2. The van der Waals surface area contributed by atoms with Crippen LogP contribution in [0, 0.1) is 6.92 Å². The molecule has 4 rings (SSSR count). The van der Waals surface area contributed by atoms with E-state index in [0.717, 1.165) is 37.6 Å². The fourth-order valence-electron chi connectivity index (χ4n) is 5.52. The van der Waals surface area contributed by atoms with E-state index in [1.807, 2.05) is 0 Å². The third-order valence-corrected chi connectivity index (χ3v) is 7.21. The number of benzene rings is 1. The Morgan fingerprint density at radius 3 is 2.73 bits per heavy atom. The van der Waals surface area contributed by atoms with Gasteiger partial charge in [0.25, 0.3) is 0 Å². The molecule has 3 atom stereocenters.